The van der Waals surface area contributed by atoms with Gasteiger partial charge in [0.25, 0.3) is 15.8 Å². The number of aryl methyl sites for hydroxylation is 2. The Morgan fingerprint density at radius 1 is 1.05 bits per heavy atom. The van der Waals surface area contributed by atoms with Gasteiger partial charge in [0.2, 0.25) is 0 Å². The summed E-state index contributed by atoms with van der Waals surface area (Å²) in [4.78, 5) is 24.2. The maximum atomic E-state index is 13.5. The van der Waals surface area contributed by atoms with Crippen LogP contribution in [-0.4, -0.2) is 32.3 Å². The van der Waals surface area contributed by atoms with Crippen LogP contribution >= 0.6 is 0 Å². The number of carbonyl (C=O) groups is 1. The van der Waals surface area contributed by atoms with Gasteiger partial charge in [0.05, 0.1) is 31.3 Å². The fourth-order valence-electron chi connectivity index (χ4n) is 3.94. The van der Waals surface area contributed by atoms with Crippen molar-refractivity contribution in [1.82, 2.24) is 0 Å². The van der Waals surface area contributed by atoms with Gasteiger partial charge < -0.3 is 9.15 Å². The Balaban J connectivity index is 1.45. The van der Waals surface area contributed by atoms with Crippen molar-refractivity contribution in [2.24, 2.45) is 0 Å². The monoisotopic (exact) mass is 553 g/mol. The number of ether oxygens (including phenoxy) is 1. The highest BCUT2D eigenvalue weighted by Gasteiger charge is 2.24. The van der Waals surface area contributed by atoms with Crippen molar-refractivity contribution in [2.45, 2.75) is 44.4 Å². The van der Waals surface area contributed by atoms with Crippen molar-refractivity contribution in [2.75, 3.05) is 13.2 Å². The predicted molar refractivity (Wildman–Crippen MR) is 146 cm³/mol. The van der Waals surface area contributed by atoms with Gasteiger partial charge in [0.1, 0.15) is 17.1 Å². The van der Waals surface area contributed by atoms with E-state index in [0.717, 1.165) is 18.4 Å². The van der Waals surface area contributed by atoms with Gasteiger partial charge in [-0.25, -0.2) is 0 Å². The van der Waals surface area contributed by atoms with Crippen molar-refractivity contribution in [1.29, 1.82) is 0 Å². The molecule has 1 aromatic heterocycles. The molecule has 0 radical (unpaired) electrons. The second-order valence-electron chi connectivity index (χ2n) is 8.89. The highest BCUT2D eigenvalue weighted by molar-refractivity contribution is 7.86. The topological polar surface area (TPSA) is 126 Å². The van der Waals surface area contributed by atoms with E-state index in [2.05, 4.69) is 0 Å². The van der Waals surface area contributed by atoms with Gasteiger partial charge >= 0.3 is 0 Å². The molecule has 39 heavy (non-hydrogen) atoms. The molecular weight excluding hydrogens is 522 g/mol. The zero-order valence-corrected chi connectivity index (χ0v) is 22.3. The third-order valence-electron chi connectivity index (χ3n) is 6.01. The van der Waals surface area contributed by atoms with Gasteiger partial charge in [-0.15, -0.1) is 0 Å². The average Bonchev–Trinajstić information content (AvgIpc) is 3.29. The van der Waals surface area contributed by atoms with Crippen molar-refractivity contribution in [3.8, 4) is 5.75 Å². The molecule has 0 aliphatic rings. The van der Waals surface area contributed by atoms with E-state index in [1.54, 1.807) is 19.1 Å². The van der Waals surface area contributed by atoms with Gasteiger partial charge in [0.15, 0.2) is 5.78 Å². The largest absolute Gasteiger partial charge is 0.494 e. The molecule has 0 N–H and O–H groups in total. The number of rotatable bonds is 13. The van der Waals surface area contributed by atoms with Gasteiger partial charge in [-0.05, 0) is 55.8 Å². The first kappa shape index (κ1) is 25.3. The molecule has 0 atom stereocenters. The summed E-state index contributed by atoms with van der Waals surface area (Å²) in [6.45, 7) is 1.10. The van der Waals surface area contributed by atoms with Crippen molar-refractivity contribution < 1.29 is 34.2 Å². The standard InChI is InChI=1S/C29H29NO8S/c1-3-4-6-27-28(25-19-22(30(32)33)11-16-26(25)38-27)29(31)21-9-12-23(13-10-21)36-17-5-18-37-39(34,35)24-14-7-20(2)8-15-24/h7-16,19H,3-6,17-18H2,1-2H3/i18D2. The molecule has 0 saturated carbocycles. The number of nitro benzene ring substituents is 1. The molecule has 0 unspecified atom stereocenters. The lowest BCUT2D eigenvalue weighted by atomic mass is 9.98. The summed E-state index contributed by atoms with van der Waals surface area (Å²) in [5, 5.41) is 11.7. The summed E-state index contributed by atoms with van der Waals surface area (Å²) >= 11 is 0. The molecule has 4 aromatic rings. The highest BCUT2D eigenvalue weighted by atomic mass is 32.2. The summed E-state index contributed by atoms with van der Waals surface area (Å²) in [5.74, 6) is 0.445. The van der Waals surface area contributed by atoms with Gasteiger partial charge in [-0.3, -0.25) is 19.1 Å². The lowest BCUT2D eigenvalue weighted by molar-refractivity contribution is -0.384. The lowest BCUT2D eigenvalue weighted by Crippen LogP contribution is -2.10. The van der Waals surface area contributed by atoms with E-state index in [4.69, 9.17) is 16.1 Å². The molecule has 0 bridgehead atoms. The summed E-state index contributed by atoms with van der Waals surface area (Å²) in [5.41, 5.74) is 1.70. The second kappa shape index (κ2) is 12.2. The number of hydrogen-bond acceptors (Lipinski definition) is 8. The number of ketones is 1. The molecule has 204 valence electrons. The van der Waals surface area contributed by atoms with Crippen LogP contribution in [0.4, 0.5) is 5.69 Å². The van der Waals surface area contributed by atoms with Crippen LogP contribution in [-0.2, 0) is 20.7 Å². The van der Waals surface area contributed by atoms with E-state index >= 15 is 0 Å². The summed E-state index contributed by atoms with van der Waals surface area (Å²) in [6, 6.07) is 16.2. The van der Waals surface area contributed by atoms with E-state index in [9.17, 15) is 23.3 Å². The molecule has 9 nitrogen and oxygen atoms in total. The fraction of sp³-hybridized carbons (Fsp3) is 0.276. The van der Waals surface area contributed by atoms with Gasteiger partial charge in [-0.2, -0.15) is 8.42 Å². The minimum Gasteiger partial charge on any atom is -0.494 e. The average molecular weight is 554 g/mol. The van der Waals surface area contributed by atoms with Crippen LogP contribution in [0, 0.1) is 17.0 Å². The molecule has 4 rings (SSSR count). The first-order chi connectivity index (χ1) is 19.4. The zero-order chi connectivity index (χ0) is 29.8. The van der Waals surface area contributed by atoms with Gasteiger partial charge in [0, 0.05) is 35.9 Å². The molecule has 3 aromatic carbocycles. The number of carbonyl (C=O) groups excluding carboxylic acids is 1. The fourth-order valence-corrected chi connectivity index (χ4v) is 4.75. The Bertz CT molecular complexity index is 1660. The Labute approximate surface area is 229 Å². The highest BCUT2D eigenvalue weighted by Crippen LogP contribution is 2.32. The summed E-state index contributed by atoms with van der Waals surface area (Å²) < 4.78 is 57.1. The quantitative estimate of drug-likeness (QED) is 0.0806. The van der Waals surface area contributed by atoms with E-state index in [1.807, 2.05) is 6.92 Å². The van der Waals surface area contributed by atoms with E-state index < -0.39 is 21.6 Å². The summed E-state index contributed by atoms with van der Waals surface area (Å²) in [7, 11) is -4.31. The Kier molecular flexibility index (Phi) is 7.92. The normalized spacial score (nSPS) is 12.7. The minimum atomic E-state index is -4.31. The molecule has 0 fully saturated rings. The first-order valence-electron chi connectivity index (χ1n) is 13.4. The number of nitro groups is 1. The van der Waals surface area contributed by atoms with Crippen molar-refractivity contribution in [3.05, 3.63) is 99.3 Å². The number of nitrogens with zero attached hydrogens (tertiary/aromatic N) is 1. The van der Waals surface area contributed by atoms with Crippen LogP contribution in [0.5, 0.6) is 5.75 Å². The third-order valence-corrected chi connectivity index (χ3v) is 7.19. The maximum Gasteiger partial charge on any atom is 0.296 e. The van der Waals surface area contributed by atoms with Crippen LogP contribution in [0.2, 0.25) is 0 Å². The Morgan fingerprint density at radius 2 is 1.77 bits per heavy atom. The number of fused-ring (bicyclic) bond motifs is 1. The number of unbranched alkanes of at least 4 members (excludes halogenated alkanes) is 1. The Morgan fingerprint density at radius 3 is 2.44 bits per heavy atom. The predicted octanol–water partition coefficient (Wildman–Crippen LogP) is 6.40. The smallest absolute Gasteiger partial charge is 0.296 e. The SMILES string of the molecule is [2H]C([2H])(CCOc1ccc(C(=O)c2c(CCCC)oc3ccc([N+](=O)[O-])cc23)cc1)OS(=O)(=O)c1ccc(C)cc1. The maximum absolute atomic E-state index is 13.5. The number of benzene rings is 3. The molecule has 0 saturated heterocycles. The zero-order valence-electron chi connectivity index (χ0n) is 23.5. The van der Waals surface area contributed by atoms with E-state index in [1.165, 1.54) is 54.6 Å². The number of furan rings is 1. The van der Waals surface area contributed by atoms with E-state index in [0.29, 0.717) is 34.5 Å². The lowest BCUT2D eigenvalue weighted by Gasteiger charge is -2.09. The molecule has 0 amide bonds. The van der Waals surface area contributed by atoms with Crippen molar-refractivity contribution >= 4 is 32.6 Å². The molecule has 0 aliphatic heterocycles. The Hall–Kier alpha value is -4.02. The first-order valence-corrected chi connectivity index (χ1v) is 13.8. The van der Waals surface area contributed by atoms with Crippen LogP contribution < -0.4 is 4.74 Å². The van der Waals surface area contributed by atoms with Crippen LogP contribution in [0.1, 0.15) is 56.2 Å². The number of non-ortho nitro benzene ring substituents is 1. The molecule has 0 aliphatic carbocycles. The summed E-state index contributed by atoms with van der Waals surface area (Å²) in [6.07, 6.45) is 1.78. The second-order valence-corrected chi connectivity index (χ2v) is 10.4. The van der Waals surface area contributed by atoms with E-state index in [-0.39, 0.29) is 35.0 Å². The molecule has 0 spiro atoms. The van der Waals surface area contributed by atoms with Crippen LogP contribution in [0.25, 0.3) is 11.0 Å². The van der Waals surface area contributed by atoms with Crippen LogP contribution in [0.3, 0.4) is 0 Å². The molecule has 10 heteroatoms. The molecular formula is C29H29NO8S. The van der Waals surface area contributed by atoms with Crippen molar-refractivity contribution in [3.63, 3.8) is 0 Å². The third kappa shape index (κ3) is 6.71. The van der Waals surface area contributed by atoms with Gasteiger partial charge in [-0.1, -0.05) is 31.0 Å². The minimum absolute atomic E-state index is 0.145. The van der Waals surface area contributed by atoms with Crippen LogP contribution in [0.15, 0.2) is 76.0 Å². The molecule has 1 heterocycles. The number of hydrogen-bond donors (Lipinski definition) is 0.